The maximum Gasteiger partial charge on any atom is 0.344 e. The Bertz CT molecular complexity index is 487. The van der Waals surface area contributed by atoms with Crippen LogP contribution in [0.5, 0.6) is 5.75 Å². The van der Waals surface area contributed by atoms with E-state index >= 15 is 0 Å². The Balaban J connectivity index is 2.13. The van der Waals surface area contributed by atoms with Crippen molar-refractivity contribution >= 4 is 5.97 Å². The van der Waals surface area contributed by atoms with Gasteiger partial charge in [-0.25, -0.2) is 4.79 Å². The van der Waals surface area contributed by atoms with Crippen molar-refractivity contribution in [3.05, 3.63) is 29.3 Å². The molecular formula is C17H25NO3. The maximum absolute atomic E-state index is 11.1. The van der Waals surface area contributed by atoms with Gasteiger partial charge in [0.15, 0.2) is 6.10 Å². The molecule has 1 aromatic carbocycles. The number of benzene rings is 1. The fraction of sp³-hybridized carbons (Fsp3) is 0.588. The van der Waals surface area contributed by atoms with Crippen LogP contribution in [0, 0.1) is 0 Å². The number of fused-ring (bicyclic) bond motifs is 1. The Hall–Kier alpha value is -1.55. The molecule has 0 spiro atoms. The molecule has 1 aliphatic rings. The summed E-state index contributed by atoms with van der Waals surface area (Å²) in [5.74, 6) is -0.239. The van der Waals surface area contributed by atoms with Crippen LogP contribution in [0.3, 0.4) is 0 Å². The minimum atomic E-state index is -0.905. The molecule has 2 rings (SSSR count). The van der Waals surface area contributed by atoms with Gasteiger partial charge in [-0.2, -0.15) is 0 Å². The summed E-state index contributed by atoms with van der Waals surface area (Å²) in [5.41, 5.74) is 2.62. The molecule has 21 heavy (non-hydrogen) atoms. The summed E-state index contributed by atoms with van der Waals surface area (Å²) in [6.45, 7) is 5.02. The Labute approximate surface area is 126 Å². The minimum absolute atomic E-state index is 0.421. The lowest BCUT2D eigenvalue weighted by atomic mass is 9.87. The van der Waals surface area contributed by atoms with Gasteiger partial charge in [-0.1, -0.05) is 19.9 Å². The van der Waals surface area contributed by atoms with Crippen molar-refractivity contribution in [1.29, 1.82) is 0 Å². The number of aliphatic carboxylic acids is 1. The van der Waals surface area contributed by atoms with Gasteiger partial charge >= 0.3 is 5.97 Å². The summed E-state index contributed by atoms with van der Waals surface area (Å²) in [5, 5.41) is 12.7. The van der Waals surface area contributed by atoms with Gasteiger partial charge in [-0.05, 0) is 61.9 Å². The molecule has 4 heteroatoms. The lowest BCUT2D eigenvalue weighted by Crippen LogP contribution is -2.27. The normalized spacial score (nSPS) is 18.9. The van der Waals surface area contributed by atoms with Crippen LogP contribution in [0.4, 0.5) is 0 Å². The molecule has 1 aromatic rings. The number of carbonyl (C=O) groups is 1. The molecule has 1 aliphatic carbocycles. The van der Waals surface area contributed by atoms with Crippen LogP contribution in [0.1, 0.15) is 56.7 Å². The van der Waals surface area contributed by atoms with Gasteiger partial charge in [-0.15, -0.1) is 0 Å². The van der Waals surface area contributed by atoms with Crippen molar-refractivity contribution in [2.75, 3.05) is 6.54 Å². The summed E-state index contributed by atoms with van der Waals surface area (Å²) < 4.78 is 5.59. The van der Waals surface area contributed by atoms with E-state index in [1.807, 2.05) is 19.1 Å². The first-order chi connectivity index (χ1) is 10.2. The van der Waals surface area contributed by atoms with Crippen LogP contribution in [-0.4, -0.2) is 23.7 Å². The molecule has 0 saturated carbocycles. The number of rotatable bonds is 7. The number of nitrogens with one attached hydrogen (secondary N) is 1. The number of carboxylic acid groups (broad SMARTS) is 1. The molecule has 0 saturated heterocycles. The quantitative estimate of drug-likeness (QED) is 0.809. The average molecular weight is 291 g/mol. The lowest BCUT2D eigenvalue weighted by Gasteiger charge is -2.27. The first kappa shape index (κ1) is 15.8. The number of ether oxygens (including phenoxy) is 1. The fourth-order valence-corrected chi connectivity index (χ4v) is 2.87. The van der Waals surface area contributed by atoms with Gasteiger partial charge in [0.2, 0.25) is 0 Å². The van der Waals surface area contributed by atoms with Crippen molar-refractivity contribution in [2.24, 2.45) is 0 Å². The molecule has 116 valence electrons. The molecular weight excluding hydrogens is 266 g/mol. The van der Waals surface area contributed by atoms with Crippen LogP contribution < -0.4 is 10.1 Å². The van der Waals surface area contributed by atoms with Crippen molar-refractivity contribution < 1.29 is 14.6 Å². The van der Waals surface area contributed by atoms with E-state index in [2.05, 4.69) is 18.3 Å². The SMILES string of the molecule is CCCNC1CCCc2cc(OC(CC)C(=O)O)ccc21. The second-order valence-corrected chi connectivity index (χ2v) is 5.61. The van der Waals surface area contributed by atoms with Gasteiger partial charge in [0, 0.05) is 6.04 Å². The first-order valence-corrected chi connectivity index (χ1v) is 7.91. The lowest BCUT2D eigenvalue weighted by molar-refractivity contribution is -0.145. The van der Waals surface area contributed by atoms with E-state index < -0.39 is 12.1 Å². The van der Waals surface area contributed by atoms with Crippen molar-refractivity contribution in [1.82, 2.24) is 5.32 Å². The van der Waals surface area contributed by atoms with Crippen molar-refractivity contribution in [2.45, 2.75) is 58.1 Å². The highest BCUT2D eigenvalue weighted by molar-refractivity contribution is 5.72. The number of hydrogen-bond acceptors (Lipinski definition) is 3. The van der Waals surface area contributed by atoms with Crippen LogP contribution in [0.15, 0.2) is 18.2 Å². The predicted octanol–water partition coefficient (Wildman–Crippen LogP) is 3.31. The van der Waals surface area contributed by atoms with E-state index in [-0.39, 0.29) is 0 Å². The number of carboxylic acids is 1. The highest BCUT2D eigenvalue weighted by Gasteiger charge is 2.21. The second-order valence-electron chi connectivity index (χ2n) is 5.61. The van der Waals surface area contributed by atoms with Gasteiger partial charge < -0.3 is 15.2 Å². The molecule has 0 fully saturated rings. The third-order valence-corrected chi connectivity index (χ3v) is 3.99. The highest BCUT2D eigenvalue weighted by Crippen LogP contribution is 2.32. The molecule has 4 nitrogen and oxygen atoms in total. The largest absolute Gasteiger partial charge is 0.479 e. The molecule has 0 aromatic heterocycles. The zero-order chi connectivity index (χ0) is 15.2. The van der Waals surface area contributed by atoms with Crippen molar-refractivity contribution in [3.8, 4) is 5.75 Å². The Morgan fingerprint density at radius 1 is 1.48 bits per heavy atom. The van der Waals surface area contributed by atoms with E-state index in [9.17, 15) is 4.79 Å². The maximum atomic E-state index is 11.1. The summed E-state index contributed by atoms with van der Waals surface area (Å²) in [6.07, 6.45) is 4.20. The zero-order valence-corrected chi connectivity index (χ0v) is 12.9. The Kier molecular flexibility index (Phi) is 5.62. The Morgan fingerprint density at radius 3 is 2.95 bits per heavy atom. The molecule has 0 heterocycles. The zero-order valence-electron chi connectivity index (χ0n) is 12.9. The Morgan fingerprint density at radius 2 is 2.29 bits per heavy atom. The van der Waals surface area contributed by atoms with Crippen molar-refractivity contribution in [3.63, 3.8) is 0 Å². The number of hydrogen-bond donors (Lipinski definition) is 2. The topological polar surface area (TPSA) is 58.6 Å². The second kappa shape index (κ2) is 7.46. The molecule has 0 aliphatic heterocycles. The monoisotopic (exact) mass is 291 g/mol. The molecule has 0 bridgehead atoms. The average Bonchev–Trinajstić information content (AvgIpc) is 2.49. The summed E-state index contributed by atoms with van der Waals surface area (Å²) >= 11 is 0. The third-order valence-electron chi connectivity index (χ3n) is 3.99. The smallest absolute Gasteiger partial charge is 0.344 e. The van der Waals surface area contributed by atoms with Crippen LogP contribution in [0.2, 0.25) is 0 Å². The molecule has 0 radical (unpaired) electrons. The van der Waals surface area contributed by atoms with Gasteiger partial charge in [0.05, 0.1) is 0 Å². The summed E-state index contributed by atoms with van der Waals surface area (Å²) in [7, 11) is 0. The van der Waals surface area contributed by atoms with E-state index in [0.29, 0.717) is 18.2 Å². The third kappa shape index (κ3) is 3.97. The van der Waals surface area contributed by atoms with Gasteiger partial charge in [0.1, 0.15) is 5.75 Å². The minimum Gasteiger partial charge on any atom is -0.479 e. The fourth-order valence-electron chi connectivity index (χ4n) is 2.87. The van der Waals surface area contributed by atoms with Crippen LogP contribution in [0.25, 0.3) is 0 Å². The van der Waals surface area contributed by atoms with Crippen LogP contribution in [-0.2, 0) is 11.2 Å². The van der Waals surface area contributed by atoms with E-state index in [0.717, 1.165) is 25.8 Å². The van der Waals surface area contributed by atoms with Crippen LogP contribution >= 0.6 is 0 Å². The van der Waals surface area contributed by atoms with E-state index in [1.54, 1.807) is 0 Å². The predicted molar refractivity (Wildman–Crippen MR) is 82.8 cm³/mol. The van der Waals surface area contributed by atoms with E-state index in [1.165, 1.54) is 17.5 Å². The molecule has 2 atom stereocenters. The van der Waals surface area contributed by atoms with E-state index in [4.69, 9.17) is 9.84 Å². The van der Waals surface area contributed by atoms with Gasteiger partial charge in [0.25, 0.3) is 0 Å². The van der Waals surface area contributed by atoms with Gasteiger partial charge in [-0.3, -0.25) is 0 Å². The molecule has 2 N–H and O–H groups in total. The molecule has 0 amide bonds. The molecule has 2 unspecified atom stereocenters. The summed E-state index contributed by atoms with van der Waals surface area (Å²) in [4.78, 5) is 11.1. The summed E-state index contributed by atoms with van der Waals surface area (Å²) in [6, 6.07) is 6.42. The highest BCUT2D eigenvalue weighted by atomic mass is 16.5. The standard InChI is InChI=1S/C17H25NO3/c1-3-10-18-15-7-5-6-12-11-13(8-9-14(12)15)21-16(4-2)17(19)20/h8-9,11,15-16,18H,3-7,10H2,1-2H3,(H,19,20). The number of aryl methyl sites for hydroxylation is 1. The first-order valence-electron chi connectivity index (χ1n) is 7.91.